The molecular weight excluding hydrogens is 389 g/mol. The lowest BCUT2D eigenvalue weighted by Crippen LogP contribution is -2.74. The molecule has 0 heterocycles. The standard InChI is InChI=1S/C18H28FNO7Si/c1-17(2,3)28(4,5)20(16(24)25)18(15(22)23,14(21)11-19)27-26-12-13-9-7-6-8-10-13/h6-10,14,21H,11-12H2,1-5H3,(H,22,23)(H,24,25)/t14-,18+/m1/s1. The van der Waals surface area contributed by atoms with E-state index in [1.54, 1.807) is 64.2 Å². The fourth-order valence-corrected chi connectivity index (χ4v) is 4.78. The highest BCUT2D eigenvalue weighted by atomic mass is 28.3. The van der Waals surface area contributed by atoms with Crippen LogP contribution < -0.4 is 0 Å². The highest BCUT2D eigenvalue weighted by Gasteiger charge is 2.63. The van der Waals surface area contributed by atoms with Crippen molar-refractivity contribution in [1.82, 2.24) is 4.57 Å². The smallest absolute Gasteiger partial charge is 0.401 e. The average molecular weight is 418 g/mol. The van der Waals surface area contributed by atoms with Crippen LogP contribution in [0.5, 0.6) is 0 Å². The molecule has 3 N–H and O–H groups in total. The maximum Gasteiger partial charge on any atom is 0.401 e. The Bertz CT molecular complexity index is 680. The second kappa shape index (κ2) is 8.99. The van der Waals surface area contributed by atoms with Gasteiger partial charge in [-0.25, -0.2) is 18.9 Å². The number of aliphatic carboxylic acids is 1. The van der Waals surface area contributed by atoms with E-state index in [9.17, 15) is 29.3 Å². The largest absolute Gasteiger partial charge is 0.478 e. The first kappa shape index (κ1) is 24.0. The molecule has 0 aromatic heterocycles. The molecule has 0 aliphatic rings. The first-order chi connectivity index (χ1) is 12.8. The number of hydrogen-bond donors (Lipinski definition) is 3. The summed E-state index contributed by atoms with van der Waals surface area (Å²) < 4.78 is 14.0. The van der Waals surface area contributed by atoms with Gasteiger partial charge in [-0.2, -0.15) is 4.89 Å². The topological polar surface area (TPSA) is 117 Å². The van der Waals surface area contributed by atoms with Crippen LogP contribution in [0.25, 0.3) is 0 Å². The van der Waals surface area contributed by atoms with Crippen molar-refractivity contribution in [3.8, 4) is 0 Å². The predicted octanol–water partition coefficient (Wildman–Crippen LogP) is 3.23. The summed E-state index contributed by atoms with van der Waals surface area (Å²) in [5.41, 5.74) is -2.34. The van der Waals surface area contributed by atoms with Crippen molar-refractivity contribution in [3.63, 3.8) is 0 Å². The Hall–Kier alpha value is -2.01. The molecule has 1 amide bonds. The Labute approximate surface area is 164 Å². The molecule has 28 heavy (non-hydrogen) atoms. The Morgan fingerprint density at radius 1 is 1.18 bits per heavy atom. The molecule has 0 saturated heterocycles. The fourth-order valence-electron chi connectivity index (χ4n) is 2.51. The van der Waals surface area contributed by atoms with Crippen molar-refractivity contribution in [1.29, 1.82) is 0 Å². The molecule has 1 aromatic rings. The number of nitrogens with zero attached hydrogens (tertiary/aromatic N) is 1. The van der Waals surface area contributed by atoms with Gasteiger partial charge in [-0.15, -0.1) is 0 Å². The number of aliphatic hydroxyl groups is 1. The number of hydrogen-bond acceptors (Lipinski definition) is 5. The van der Waals surface area contributed by atoms with Crippen LogP contribution in [0.3, 0.4) is 0 Å². The number of alkyl halides is 1. The lowest BCUT2D eigenvalue weighted by atomic mass is 10.1. The third-order valence-corrected chi connectivity index (χ3v) is 10.4. The van der Waals surface area contributed by atoms with Gasteiger partial charge in [-0.3, -0.25) is 4.57 Å². The summed E-state index contributed by atoms with van der Waals surface area (Å²) in [5.74, 6) is -1.86. The van der Waals surface area contributed by atoms with Crippen molar-refractivity contribution in [2.24, 2.45) is 0 Å². The molecule has 0 unspecified atom stereocenters. The lowest BCUT2D eigenvalue weighted by molar-refractivity contribution is -0.397. The van der Waals surface area contributed by atoms with Gasteiger partial charge in [0, 0.05) is 0 Å². The first-order valence-electron chi connectivity index (χ1n) is 8.67. The molecule has 0 saturated carbocycles. The summed E-state index contributed by atoms with van der Waals surface area (Å²) in [6.45, 7) is 6.67. The molecule has 0 radical (unpaired) electrons. The van der Waals surface area contributed by atoms with E-state index in [-0.39, 0.29) is 6.61 Å². The molecule has 8 nitrogen and oxygen atoms in total. The maximum absolute atomic E-state index is 13.4. The lowest BCUT2D eigenvalue weighted by Gasteiger charge is -2.51. The zero-order valence-electron chi connectivity index (χ0n) is 16.7. The van der Waals surface area contributed by atoms with E-state index in [1.165, 1.54) is 0 Å². The number of aliphatic hydroxyl groups excluding tert-OH is 1. The molecule has 0 aliphatic carbocycles. The van der Waals surface area contributed by atoms with Crippen LogP contribution in [-0.4, -0.2) is 58.7 Å². The van der Waals surface area contributed by atoms with Gasteiger partial charge in [0.25, 0.3) is 5.72 Å². The second-order valence-electron chi connectivity index (χ2n) is 7.93. The second-order valence-corrected chi connectivity index (χ2v) is 13.0. The van der Waals surface area contributed by atoms with Crippen LogP contribution in [0.4, 0.5) is 9.18 Å². The molecule has 0 bridgehead atoms. The van der Waals surface area contributed by atoms with Crippen molar-refractivity contribution in [3.05, 3.63) is 35.9 Å². The minimum absolute atomic E-state index is 0.222. The van der Waals surface area contributed by atoms with Crippen LogP contribution in [0.2, 0.25) is 18.1 Å². The molecule has 1 aromatic carbocycles. The molecule has 0 aliphatic heterocycles. The molecule has 10 heteroatoms. The Balaban J connectivity index is 3.42. The number of amides is 1. The van der Waals surface area contributed by atoms with Crippen molar-refractivity contribution in [2.45, 2.75) is 57.3 Å². The number of carboxylic acids is 1. The van der Waals surface area contributed by atoms with Crippen molar-refractivity contribution < 1.29 is 39.1 Å². The molecule has 2 atom stereocenters. The summed E-state index contributed by atoms with van der Waals surface area (Å²) in [5, 5.41) is 29.3. The van der Waals surface area contributed by atoms with E-state index >= 15 is 0 Å². The summed E-state index contributed by atoms with van der Waals surface area (Å²) in [4.78, 5) is 34.4. The predicted molar refractivity (Wildman–Crippen MR) is 102 cm³/mol. The summed E-state index contributed by atoms with van der Waals surface area (Å²) in [6, 6.07) is 8.57. The normalized spacial score (nSPS) is 15.5. The van der Waals surface area contributed by atoms with Crippen molar-refractivity contribution >= 4 is 20.3 Å². The Morgan fingerprint density at radius 3 is 2.11 bits per heavy atom. The van der Waals surface area contributed by atoms with Gasteiger partial charge in [0.05, 0.1) is 0 Å². The van der Waals surface area contributed by atoms with Gasteiger partial charge >= 0.3 is 12.1 Å². The van der Waals surface area contributed by atoms with Crippen LogP contribution in [-0.2, 0) is 21.2 Å². The SMILES string of the molecule is CC(C)(C)[Si](C)(C)N(C(=O)O)[C@@](OOCc1ccccc1)(C(=O)O)[C@H](O)CF. The van der Waals surface area contributed by atoms with Gasteiger partial charge in [-0.05, 0) is 10.6 Å². The molecule has 158 valence electrons. The highest BCUT2D eigenvalue weighted by molar-refractivity contribution is 6.79. The number of carboxylic acid groups (broad SMARTS) is 2. The van der Waals surface area contributed by atoms with E-state index in [2.05, 4.69) is 0 Å². The maximum atomic E-state index is 13.4. The van der Waals surface area contributed by atoms with Crippen LogP contribution in [0.15, 0.2) is 30.3 Å². The number of benzene rings is 1. The van der Waals surface area contributed by atoms with Gasteiger partial charge in [0.1, 0.15) is 19.4 Å². The summed E-state index contributed by atoms with van der Waals surface area (Å²) in [6.07, 6.45) is -3.95. The summed E-state index contributed by atoms with van der Waals surface area (Å²) in [7, 11) is -3.18. The molecule has 1 rings (SSSR count). The van der Waals surface area contributed by atoms with Gasteiger partial charge in [0.15, 0.2) is 8.24 Å². The van der Waals surface area contributed by atoms with E-state index < -0.39 is 43.8 Å². The highest BCUT2D eigenvalue weighted by Crippen LogP contribution is 2.43. The zero-order chi connectivity index (χ0) is 21.8. The van der Waals surface area contributed by atoms with Gasteiger partial charge in [0.2, 0.25) is 0 Å². The van der Waals surface area contributed by atoms with E-state index in [4.69, 9.17) is 9.78 Å². The van der Waals surface area contributed by atoms with Gasteiger partial charge < -0.3 is 15.3 Å². The minimum atomic E-state index is -3.18. The average Bonchev–Trinajstić information content (AvgIpc) is 2.59. The first-order valence-corrected chi connectivity index (χ1v) is 11.6. The van der Waals surface area contributed by atoms with Crippen LogP contribution >= 0.6 is 0 Å². The molecule has 0 spiro atoms. The van der Waals surface area contributed by atoms with Crippen molar-refractivity contribution in [2.75, 3.05) is 6.67 Å². The Morgan fingerprint density at radius 2 is 1.71 bits per heavy atom. The van der Waals surface area contributed by atoms with Gasteiger partial charge in [-0.1, -0.05) is 64.2 Å². The number of halogens is 1. The van der Waals surface area contributed by atoms with E-state index in [0.29, 0.717) is 10.1 Å². The molecule has 0 fully saturated rings. The summed E-state index contributed by atoms with van der Waals surface area (Å²) >= 11 is 0. The van der Waals surface area contributed by atoms with Crippen LogP contribution in [0, 0.1) is 0 Å². The third-order valence-electron chi connectivity index (χ3n) is 5.08. The molecular formula is C18H28FNO7Si. The number of carbonyl (C=O) groups is 2. The fraction of sp³-hybridized carbons (Fsp3) is 0.556. The third kappa shape index (κ3) is 4.69. The van der Waals surface area contributed by atoms with E-state index in [0.717, 1.165) is 0 Å². The van der Waals surface area contributed by atoms with E-state index in [1.807, 2.05) is 0 Å². The Kier molecular flexibility index (Phi) is 7.72. The van der Waals surface area contributed by atoms with Crippen LogP contribution in [0.1, 0.15) is 26.3 Å². The monoisotopic (exact) mass is 417 g/mol. The number of rotatable bonds is 9. The quantitative estimate of drug-likeness (QED) is 0.244. The minimum Gasteiger partial charge on any atom is -0.478 e. The zero-order valence-corrected chi connectivity index (χ0v) is 17.7.